The average Bonchev–Trinajstić information content (AvgIpc) is 3.04. The van der Waals surface area contributed by atoms with Crippen molar-refractivity contribution >= 4 is 5.91 Å². The summed E-state index contributed by atoms with van der Waals surface area (Å²) in [6, 6.07) is 5.00. The maximum atomic E-state index is 12.6. The Morgan fingerprint density at radius 3 is 2.95 bits per heavy atom. The Balaban J connectivity index is 1.78. The van der Waals surface area contributed by atoms with Crippen molar-refractivity contribution in [1.82, 2.24) is 19.7 Å². The van der Waals surface area contributed by atoms with Gasteiger partial charge in [0.25, 0.3) is 5.91 Å². The zero-order valence-electron chi connectivity index (χ0n) is 12.0. The van der Waals surface area contributed by atoms with Gasteiger partial charge in [0.2, 0.25) is 5.56 Å². The molecule has 0 aromatic carbocycles. The molecule has 1 saturated heterocycles. The Morgan fingerprint density at radius 2 is 2.24 bits per heavy atom. The molecule has 0 bridgehead atoms. The number of likely N-dealkylation sites (tertiary alicyclic amines) is 1. The topological polar surface area (TPSA) is 71.0 Å². The first kappa shape index (κ1) is 13.6. The third kappa shape index (κ3) is 2.74. The molecule has 1 aliphatic heterocycles. The molecule has 1 N–H and O–H groups in total. The highest BCUT2D eigenvalue weighted by Gasteiger charge is 2.26. The smallest absolute Gasteiger partial charge is 0.255 e. The van der Waals surface area contributed by atoms with Crippen molar-refractivity contribution < 1.29 is 4.79 Å². The molecule has 2 aromatic rings. The Morgan fingerprint density at radius 1 is 1.38 bits per heavy atom. The van der Waals surface area contributed by atoms with Crippen LogP contribution in [0.1, 0.15) is 34.8 Å². The Kier molecular flexibility index (Phi) is 3.60. The van der Waals surface area contributed by atoms with Crippen molar-refractivity contribution in [3.8, 4) is 0 Å². The molecular weight excluding hydrogens is 268 g/mol. The van der Waals surface area contributed by atoms with Gasteiger partial charge in [0.15, 0.2) is 0 Å². The van der Waals surface area contributed by atoms with Crippen LogP contribution in [-0.2, 0) is 7.05 Å². The second-order valence-corrected chi connectivity index (χ2v) is 5.47. The van der Waals surface area contributed by atoms with Gasteiger partial charge in [-0.1, -0.05) is 0 Å². The highest BCUT2D eigenvalue weighted by Crippen LogP contribution is 2.26. The fraction of sp³-hybridized carbons (Fsp3) is 0.400. The number of carbonyl (C=O) groups is 1. The van der Waals surface area contributed by atoms with Crippen molar-refractivity contribution in [3.05, 3.63) is 52.2 Å². The number of rotatable bonds is 2. The predicted molar refractivity (Wildman–Crippen MR) is 78.1 cm³/mol. The van der Waals surface area contributed by atoms with Gasteiger partial charge in [-0.05, 0) is 25.0 Å². The summed E-state index contributed by atoms with van der Waals surface area (Å²) in [4.78, 5) is 25.8. The van der Waals surface area contributed by atoms with E-state index in [1.165, 1.54) is 10.6 Å². The molecule has 6 nitrogen and oxygen atoms in total. The zero-order chi connectivity index (χ0) is 14.8. The molecule has 2 aromatic heterocycles. The van der Waals surface area contributed by atoms with E-state index >= 15 is 0 Å². The van der Waals surface area contributed by atoms with E-state index < -0.39 is 0 Å². The number of hydrogen-bond donors (Lipinski definition) is 1. The first-order valence-electron chi connectivity index (χ1n) is 7.10. The highest BCUT2D eigenvalue weighted by atomic mass is 16.2. The lowest BCUT2D eigenvalue weighted by Gasteiger charge is -2.32. The van der Waals surface area contributed by atoms with Gasteiger partial charge in [0.1, 0.15) is 0 Å². The number of aryl methyl sites for hydroxylation is 1. The predicted octanol–water partition coefficient (Wildman–Crippen LogP) is 1.13. The van der Waals surface area contributed by atoms with Crippen molar-refractivity contribution in [1.29, 1.82) is 0 Å². The molecule has 0 saturated carbocycles. The van der Waals surface area contributed by atoms with Crippen molar-refractivity contribution in [2.45, 2.75) is 18.8 Å². The molecule has 1 aliphatic rings. The number of piperidine rings is 1. The number of carbonyl (C=O) groups excluding carboxylic acids is 1. The fourth-order valence-electron chi connectivity index (χ4n) is 2.81. The van der Waals surface area contributed by atoms with E-state index in [9.17, 15) is 9.59 Å². The maximum Gasteiger partial charge on any atom is 0.255 e. The van der Waals surface area contributed by atoms with E-state index in [4.69, 9.17) is 0 Å². The van der Waals surface area contributed by atoms with Crippen LogP contribution in [0.2, 0.25) is 0 Å². The number of aromatic amines is 1. The van der Waals surface area contributed by atoms with Gasteiger partial charge in [0.05, 0.1) is 5.56 Å². The van der Waals surface area contributed by atoms with Gasteiger partial charge >= 0.3 is 0 Å². The molecule has 1 unspecified atom stereocenters. The largest absolute Gasteiger partial charge is 0.338 e. The van der Waals surface area contributed by atoms with Gasteiger partial charge in [0, 0.05) is 50.2 Å². The second kappa shape index (κ2) is 5.55. The Hall–Kier alpha value is -2.37. The molecule has 1 atom stereocenters. The quantitative estimate of drug-likeness (QED) is 0.899. The summed E-state index contributed by atoms with van der Waals surface area (Å²) in [6.45, 7) is 1.44. The van der Waals surface area contributed by atoms with E-state index in [0.29, 0.717) is 18.0 Å². The summed E-state index contributed by atoms with van der Waals surface area (Å²) in [5, 5.41) is 6.97. The number of pyridine rings is 1. The first-order valence-corrected chi connectivity index (χ1v) is 7.10. The van der Waals surface area contributed by atoms with Crippen LogP contribution < -0.4 is 5.56 Å². The van der Waals surface area contributed by atoms with E-state index in [-0.39, 0.29) is 11.5 Å². The van der Waals surface area contributed by atoms with Crippen LogP contribution in [0.3, 0.4) is 0 Å². The van der Waals surface area contributed by atoms with Crippen LogP contribution in [-0.4, -0.2) is 38.7 Å². The minimum Gasteiger partial charge on any atom is -0.338 e. The van der Waals surface area contributed by atoms with Crippen LogP contribution in [0.15, 0.2) is 35.4 Å². The molecule has 6 heteroatoms. The lowest BCUT2D eigenvalue weighted by atomic mass is 9.94. The average molecular weight is 286 g/mol. The van der Waals surface area contributed by atoms with Crippen molar-refractivity contribution in [2.75, 3.05) is 13.1 Å². The summed E-state index contributed by atoms with van der Waals surface area (Å²) in [5.74, 6) is 0.285. The van der Waals surface area contributed by atoms with E-state index in [1.54, 1.807) is 25.5 Å². The normalized spacial score (nSPS) is 18.7. The fourth-order valence-corrected chi connectivity index (χ4v) is 2.81. The Labute approximate surface area is 122 Å². The van der Waals surface area contributed by atoms with Crippen molar-refractivity contribution in [3.63, 3.8) is 0 Å². The van der Waals surface area contributed by atoms with Gasteiger partial charge in [-0.15, -0.1) is 0 Å². The standard InChI is InChI=1S/C15H18N4O2/c1-18-9-12(4-5-14(18)20)15(21)19-8-2-3-11(10-19)13-6-7-16-17-13/h4-7,9,11H,2-3,8,10H2,1H3,(H,16,17). The third-order valence-electron chi connectivity index (χ3n) is 4.00. The number of amides is 1. The molecule has 0 aliphatic carbocycles. The molecule has 110 valence electrons. The monoisotopic (exact) mass is 286 g/mol. The molecule has 1 fully saturated rings. The number of H-pyrrole nitrogens is 1. The van der Waals surface area contributed by atoms with E-state index in [2.05, 4.69) is 10.2 Å². The molecule has 1 amide bonds. The minimum absolute atomic E-state index is 0.0187. The molecule has 0 radical (unpaired) electrons. The number of nitrogens with zero attached hydrogens (tertiary/aromatic N) is 3. The molecule has 0 spiro atoms. The van der Waals surface area contributed by atoms with Crippen LogP contribution in [0, 0.1) is 0 Å². The van der Waals surface area contributed by atoms with Gasteiger partial charge < -0.3 is 9.47 Å². The van der Waals surface area contributed by atoms with E-state index in [1.807, 2.05) is 11.0 Å². The number of aromatic nitrogens is 3. The van der Waals surface area contributed by atoms with Crippen LogP contribution in [0.25, 0.3) is 0 Å². The summed E-state index contributed by atoms with van der Waals surface area (Å²) in [7, 11) is 1.66. The molecule has 21 heavy (non-hydrogen) atoms. The van der Waals surface area contributed by atoms with Gasteiger partial charge in [-0.2, -0.15) is 5.10 Å². The lowest BCUT2D eigenvalue weighted by Crippen LogP contribution is -2.39. The SMILES string of the molecule is Cn1cc(C(=O)N2CCCC(c3ccn[nH]3)C2)ccc1=O. The number of hydrogen-bond acceptors (Lipinski definition) is 3. The van der Waals surface area contributed by atoms with Crippen LogP contribution in [0.4, 0.5) is 0 Å². The summed E-state index contributed by atoms with van der Waals surface area (Å²) in [5.41, 5.74) is 1.52. The second-order valence-electron chi connectivity index (χ2n) is 5.47. The maximum absolute atomic E-state index is 12.6. The summed E-state index contributed by atoms with van der Waals surface area (Å²) >= 11 is 0. The number of nitrogens with one attached hydrogen (secondary N) is 1. The lowest BCUT2D eigenvalue weighted by molar-refractivity contribution is 0.0705. The van der Waals surface area contributed by atoms with E-state index in [0.717, 1.165) is 25.1 Å². The van der Waals surface area contributed by atoms with Crippen LogP contribution >= 0.6 is 0 Å². The third-order valence-corrected chi connectivity index (χ3v) is 4.00. The summed E-state index contributed by atoms with van der Waals surface area (Å²) in [6.07, 6.45) is 5.37. The van der Waals surface area contributed by atoms with Gasteiger partial charge in [-0.3, -0.25) is 14.7 Å². The molecule has 3 heterocycles. The van der Waals surface area contributed by atoms with Crippen molar-refractivity contribution in [2.24, 2.45) is 7.05 Å². The zero-order valence-corrected chi connectivity index (χ0v) is 12.0. The highest BCUT2D eigenvalue weighted by molar-refractivity contribution is 5.94. The summed E-state index contributed by atoms with van der Waals surface area (Å²) < 4.78 is 1.43. The van der Waals surface area contributed by atoms with Crippen LogP contribution in [0.5, 0.6) is 0 Å². The van der Waals surface area contributed by atoms with Gasteiger partial charge in [-0.25, -0.2) is 0 Å². The molecular formula is C15H18N4O2. The molecule has 3 rings (SSSR count). The Bertz CT molecular complexity index is 690. The minimum atomic E-state index is -0.111. The first-order chi connectivity index (χ1) is 10.1.